The number of hydrogen-bond donors (Lipinski definition) is 2. The minimum absolute atomic E-state index is 0.0859. The Labute approximate surface area is 100 Å². The molecule has 0 aromatic carbocycles. The van der Waals surface area contributed by atoms with E-state index in [0.29, 0.717) is 12.3 Å². The molecule has 0 aliphatic rings. The summed E-state index contributed by atoms with van der Waals surface area (Å²) in [6.45, 7) is 13.4. The largest absolute Gasteiger partial charge is 0.353 e. The number of amides is 1. The molecule has 3 nitrogen and oxygen atoms in total. The van der Waals surface area contributed by atoms with Crippen LogP contribution in [0.2, 0.25) is 0 Å². The molecule has 2 N–H and O–H groups in total. The van der Waals surface area contributed by atoms with E-state index in [2.05, 4.69) is 52.2 Å². The standard InChI is InChI=1S/C13H28N2O/c1-7-10(2)11(3)15-12(16)8-9-14-13(4,5)6/h10-11,14H,7-9H2,1-6H3,(H,15,16). The maximum atomic E-state index is 11.6. The van der Waals surface area contributed by atoms with Crippen LogP contribution >= 0.6 is 0 Å². The van der Waals surface area contributed by atoms with Crippen LogP contribution in [-0.4, -0.2) is 24.0 Å². The molecular weight excluding hydrogens is 200 g/mol. The topological polar surface area (TPSA) is 41.1 Å². The molecule has 0 spiro atoms. The smallest absolute Gasteiger partial charge is 0.221 e. The molecule has 3 heteroatoms. The molecule has 0 aliphatic heterocycles. The van der Waals surface area contributed by atoms with Crippen LogP contribution in [0.1, 0.15) is 54.4 Å². The Hall–Kier alpha value is -0.570. The Bertz CT molecular complexity index is 208. The Morgan fingerprint density at radius 1 is 1.25 bits per heavy atom. The maximum absolute atomic E-state index is 11.6. The summed E-state index contributed by atoms with van der Waals surface area (Å²) in [5.41, 5.74) is 0.0859. The van der Waals surface area contributed by atoms with Crippen LogP contribution < -0.4 is 10.6 Å². The zero-order chi connectivity index (χ0) is 12.8. The van der Waals surface area contributed by atoms with Gasteiger partial charge in [-0.2, -0.15) is 0 Å². The van der Waals surface area contributed by atoms with E-state index in [1.807, 2.05) is 0 Å². The molecule has 1 amide bonds. The second kappa shape index (κ2) is 6.89. The van der Waals surface area contributed by atoms with Crippen molar-refractivity contribution in [2.45, 2.75) is 66.0 Å². The minimum atomic E-state index is 0.0859. The van der Waals surface area contributed by atoms with Crippen LogP contribution in [0.15, 0.2) is 0 Å². The van der Waals surface area contributed by atoms with E-state index in [9.17, 15) is 4.79 Å². The first-order valence-electron chi connectivity index (χ1n) is 6.30. The van der Waals surface area contributed by atoms with Crippen LogP contribution in [0.25, 0.3) is 0 Å². The van der Waals surface area contributed by atoms with Gasteiger partial charge in [0.2, 0.25) is 5.91 Å². The number of hydrogen-bond acceptors (Lipinski definition) is 2. The van der Waals surface area contributed by atoms with Crippen molar-refractivity contribution in [3.8, 4) is 0 Å². The first-order valence-corrected chi connectivity index (χ1v) is 6.30. The number of nitrogens with one attached hydrogen (secondary N) is 2. The van der Waals surface area contributed by atoms with Crippen molar-refractivity contribution >= 4 is 5.91 Å². The highest BCUT2D eigenvalue weighted by molar-refractivity contribution is 5.76. The molecular formula is C13H28N2O. The predicted molar refractivity (Wildman–Crippen MR) is 69.4 cm³/mol. The molecule has 0 rings (SSSR count). The molecule has 2 unspecified atom stereocenters. The fourth-order valence-electron chi connectivity index (χ4n) is 1.37. The Morgan fingerprint density at radius 3 is 2.25 bits per heavy atom. The van der Waals surface area contributed by atoms with Crippen molar-refractivity contribution in [1.29, 1.82) is 0 Å². The molecule has 0 radical (unpaired) electrons. The summed E-state index contributed by atoms with van der Waals surface area (Å²) in [5.74, 6) is 0.684. The van der Waals surface area contributed by atoms with Crippen molar-refractivity contribution in [1.82, 2.24) is 10.6 Å². The highest BCUT2D eigenvalue weighted by atomic mass is 16.1. The van der Waals surface area contributed by atoms with Gasteiger partial charge in [0.05, 0.1) is 0 Å². The van der Waals surface area contributed by atoms with Crippen molar-refractivity contribution in [2.75, 3.05) is 6.54 Å². The van der Waals surface area contributed by atoms with Gasteiger partial charge in [-0.3, -0.25) is 4.79 Å². The monoisotopic (exact) mass is 228 g/mol. The molecule has 0 saturated carbocycles. The van der Waals surface area contributed by atoms with E-state index < -0.39 is 0 Å². The second-order valence-corrected chi connectivity index (χ2v) is 5.67. The lowest BCUT2D eigenvalue weighted by Crippen LogP contribution is -2.41. The van der Waals surface area contributed by atoms with Gasteiger partial charge in [-0.1, -0.05) is 20.3 Å². The Kier molecular flexibility index (Phi) is 6.65. The number of carbonyl (C=O) groups is 1. The van der Waals surface area contributed by atoms with Gasteiger partial charge in [-0.15, -0.1) is 0 Å². The predicted octanol–water partition coefficient (Wildman–Crippen LogP) is 2.32. The quantitative estimate of drug-likeness (QED) is 0.732. The van der Waals surface area contributed by atoms with E-state index in [0.717, 1.165) is 13.0 Å². The average molecular weight is 228 g/mol. The summed E-state index contributed by atoms with van der Waals surface area (Å²) in [6.07, 6.45) is 1.65. The lowest BCUT2D eigenvalue weighted by molar-refractivity contribution is -0.121. The van der Waals surface area contributed by atoms with Crippen molar-refractivity contribution < 1.29 is 4.79 Å². The third kappa shape index (κ3) is 7.69. The van der Waals surface area contributed by atoms with Crippen molar-refractivity contribution in [3.63, 3.8) is 0 Å². The Balaban J connectivity index is 3.75. The van der Waals surface area contributed by atoms with Crippen LogP contribution in [-0.2, 0) is 4.79 Å². The fourth-order valence-corrected chi connectivity index (χ4v) is 1.37. The van der Waals surface area contributed by atoms with Gasteiger partial charge in [-0.05, 0) is 33.6 Å². The van der Waals surface area contributed by atoms with Crippen LogP contribution in [0.5, 0.6) is 0 Å². The molecule has 2 atom stereocenters. The van der Waals surface area contributed by atoms with E-state index >= 15 is 0 Å². The van der Waals surface area contributed by atoms with Gasteiger partial charge in [0.25, 0.3) is 0 Å². The van der Waals surface area contributed by atoms with Gasteiger partial charge < -0.3 is 10.6 Å². The van der Waals surface area contributed by atoms with Crippen LogP contribution in [0.3, 0.4) is 0 Å². The van der Waals surface area contributed by atoms with Crippen molar-refractivity contribution in [2.24, 2.45) is 5.92 Å². The molecule has 0 bridgehead atoms. The molecule has 96 valence electrons. The minimum Gasteiger partial charge on any atom is -0.353 e. The summed E-state index contributed by atoms with van der Waals surface area (Å²) in [6, 6.07) is 0.270. The maximum Gasteiger partial charge on any atom is 0.221 e. The van der Waals surface area contributed by atoms with Gasteiger partial charge in [0, 0.05) is 24.5 Å². The zero-order valence-electron chi connectivity index (χ0n) is 11.7. The van der Waals surface area contributed by atoms with Gasteiger partial charge in [0.1, 0.15) is 0 Å². The third-order valence-electron chi connectivity index (χ3n) is 2.89. The summed E-state index contributed by atoms with van der Waals surface area (Å²) >= 11 is 0. The first-order chi connectivity index (χ1) is 7.26. The van der Waals surface area contributed by atoms with E-state index in [1.54, 1.807) is 0 Å². The van der Waals surface area contributed by atoms with Gasteiger partial charge in [-0.25, -0.2) is 0 Å². The average Bonchev–Trinajstić information content (AvgIpc) is 2.14. The van der Waals surface area contributed by atoms with E-state index in [1.165, 1.54) is 0 Å². The third-order valence-corrected chi connectivity index (χ3v) is 2.89. The Morgan fingerprint density at radius 2 is 1.81 bits per heavy atom. The second-order valence-electron chi connectivity index (χ2n) is 5.67. The molecule has 16 heavy (non-hydrogen) atoms. The fraction of sp³-hybridized carbons (Fsp3) is 0.923. The highest BCUT2D eigenvalue weighted by Gasteiger charge is 2.14. The summed E-state index contributed by atoms with van der Waals surface area (Å²) in [5, 5.41) is 6.35. The molecule has 0 aliphatic carbocycles. The molecule has 0 fully saturated rings. The van der Waals surface area contributed by atoms with Crippen molar-refractivity contribution in [3.05, 3.63) is 0 Å². The summed E-state index contributed by atoms with van der Waals surface area (Å²) in [7, 11) is 0. The lowest BCUT2D eigenvalue weighted by Gasteiger charge is -2.22. The number of carbonyl (C=O) groups excluding carboxylic acids is 1. The normalized spacial score (nSPS) is 15.6. The summed E-state index contributed by atoms with van der Waals surface area (Å²) in [4.78, 5) is 11.6. The summed E-state index contributed by atoms with van der Waals surface area (Å²) < 4.78 is 0. The van der Waals surface area contributed by atoms with E-state index in [4.69, 9.17) is 0 Å². The highest BCUT2D eigenvalue weighted by Crippen LogP contribution is 2.06. The molecule has 0 aromatic heterocycles. The van der Waals surface area contributed by atoms with Gasteiger partial charge >= 0.3 is 0 Å². The van der Waals surface area contributed by atoms with Crippen LogP contribution in [0.4, 0.5) is 0 Å². The molecule has 0 saturated heterocycles. The SMILES string of the molecule is CCC(C)C(C)NC(=O)CCNC(C)(C)C. The van der Waals surface area contributed by atoms with Gasteiger partial charge in [0.15, 0.2) is 0 Å². The zero-order valence-corrected chi connectivity index (χ0v) is 11.7. The number of rotatable bonds is 6. The molecule has 0 heterocycles. The van der Waals surface area contributed by atoms with E-state index in [-0.39, 0.29) is 17.5 Å². The lowest BCUT2D eigenvalue weighted by atomic mass is 10.0. The molecule has 0 aromatic rings. The van der Waals surface area contributed by atoms with Crippen LogP contribution in [0, 0.1) is 5.92 Å². The first kappa shape index (κ1) is 15.4.